The monoisotopic (exact) mass is 309 g/mol. The molecule has 0 bridgehead atoms. The van der Waals surface area contributed by atoms with E-state index in [-0.39, 0.29) is 23.3 Å². The van der Waals surface area contributed by atoms with Crippen molar-refractivity contribution in [3.8, 4) is 0 Å². The van der Waals surface area contributed by atoms with Gasteiger partial charge in [0.05, 0.1) is 18.1 Å². The predicted octanol–water partition coefficient (Wildman–Crippen LogP) is 0.431. The van der Waals surface area contributed by atoms with Crippen LogP contribution in [0.15, 0.2) is 17.6 Å². The first-order valence-corrected chi connectivity index (χ1v) is 6.32. The number of fused-ring (bicyclic) bond motifs is 1. The van der Waals surface area contributed by atoms with Crippen molar-refractivity contribution in [2.24, 2.45) is 5.11 Å². The number of azide groups is 1. The van der Waals surface area contributed by atoms with Crippen LogP contribution in [-0.2, 0) is 4.74 Å². The lowest BCUT2D eigenvalue weighted by molar-refractivity contribution is -0.122. The third-order valence-corrected chi connectivity index (χ3v) is 3.63. The second-order valence-electron chi connectivity index (χ2n) is 4.86. The van der Waals surface area contributed by atoms with Crippen molar-refractivity contribution in [3.63, 3.8) is 0 Å². The molecule has 10 nitrogen and oxygen atoms in total. The van der Waals surface area contributed by atoms with Crippen molar-refractivity contribution in [3.05, 3.63) is 28.8 Å². The predicted molar refractivity (Wildman–Crippen MR) is 71.6 cm³/mol. The fourth-order valence-corrected chi connectivity index (χ4v) is 2.53. The minimum atomic E-state index is -1.81. The van der Waals surface area contributed by atoms with E-state index in [1.165, 1.54) is 10.9 Å². The van der Waals surface area contributed by atoms with E-state index in [1.54, 1.807) is 0 Å². The third-order valence-electron chi connectivity index (χ3n) is 3.63. The Labute approximate surface area is 122 Å². The molecule has 0 aliphatic carbocycles. The summed E-state index contributed by atoms with van der Waals surface area (Å²) in [6.07, 6.45) is 0.127. The maximum Gasteiger partial charge on any atom is 0.198 e. The van der Waals surface area contributed by atoms with Gasteiger partial charge in [-0.05, 0) is 5.53 Å². The average Bonchev–Trinajstić information content (AvgIpc) is 2.99. The topological polar surface area (TPSA) is 155 Å². The van der Waals surface area contributed by atoms with E-state index in [2.05, 4.69) is 20.0 Å². The van der Waals surface area contributed by atoms with E-state index >= 15 is 0 Å². The van der Waals surface area contributed by atoms with Gasteiger partial charge >= 0.3 is 0 Å². The molecule has 3 heterocycles. The van der Waals surface area contributed by atoms with Gasteiger partial charge in [0.15, 0.2) is 17.2 Å². The van der Waals surface area contributed by atoms with Gasteiger partial charge in [-0.15, -0.1) is 0 Å². The van der Waals surface area contributed by atoms with Gasteiger partial charge in [0.25, 0.3) is 0 Å². The summed E-state index contributed by atoms with van der Waals surface area (Å²) >= 11 is 0. The summed E-state index contributed by atoms with van der Waals surface area (Å²) < 4.78 is 20.8. The molecule has 2 aromatic rings. The number of nitrogens with zero attached hydrogens (tertiary/aromatic N) is 6. The first kappa shape index (κ1) is 14.5. The highest BCUT2D eigenvalue weighted by Gasteiger charge is 2.48. The van der Waals surface area contributed by atoms with E-state index in [9.17, 15) is 14.6 Å². The smallest absolute Gasteiger partial charge is 0.198 e. The Balaban J connectivity index is 2.07. The summed E-state index contributed by atoms with van der Waals surface area (Å²) in [5.74, 6) is -0.667. The number of rotatable bonds is 3. The van der Waals surface area contributed by atoms with Crippen molar-refractivity contribution in [1.82, 2.24) is 14.5 Å². The van der Waals surface area contributed by atoms with Crippen LogP contribution in [-0.4, -0.2) is 43.2 Å². The van der Waals surface area contributed by atoms with Crippen LogP contribution in [0.1, 0.15) is 12.6 Å². The zero-order chi connectivity index (χ0) is 15.9. The summed E-state index contributed by atoms with van der Waals surface area (Å²) in [4.78, 5) is 10.2. The number of nitrogens with two attached hydrogens (primary N) is 1. The van der Waals surface area contributed by atoms with Crippen LogP contribution in [0.25, 0.3) is 21.5 Å². The molecule has 116 valence electrons. The van der Waals surface area contributed by atoms with E-state index in [0.29, 0.717) is 0 Å². The number of ether oxygens (including phenoxy) is 1. The summed E-state index contributed by atoms with van der Waals surface area (Å²) in [5.41, 5.74) is 12.5. The number of nitrogen functional groups attached to an aromatic ring is 1. The Morgan fingerprint density at radius 2 is 2.41 bits per heavy atom. The third kappa shape index (κ3) is 1.96. The molecule has 0 radical (unpaired) electrons. The molecule has 0 unspecified atom stereocenters. The van der Waals surface area contributed by atoms with Gasteiger partial charge < -0.3 is 25.3 Å². The van der Waals surface area contributed by atoms with Crippen molar-refractivity contribution < 1.29 is 19.3 Å². The average molecular weight is 309 g/mol. The minimum Gasteiger partial charge on any atom is -0.393 e. The molecule has 4 N–H and O–H groups in total. The molecule has 3 atom stereocenters. The van der Waals surface area contributed by atoms with Crippen molar-refractivity contribution in [1.29, 1.82) is 0 Å². The normalized spacial score (nSPS) is 28.0. The molecule has 3 rings (SSSR count). The zero-order valence-corrected chi connectivity index (χ0v) is 11.2. The molecular weight excluding hydrogens is 297 g/mol. The summed E-state index contributed by atoms with van der Waals surface area (Å²) in [6, 6.07) is 0. The Bertz CT molecular complexity index is 774. The molecule has 0 spiro atoms. The highest BCUT2D eigenvalue weighted by atomic mass is 19.1. The first-order valence-electron chi connectivity index (χ1n) is 6.32. The largest absolute Gasteiger partial charge is 0.393 e. The van der Waals surface area contributed by atoms with Gasteiger partial charge in [-0.2, -0.15) is 0 Å². The van der Waals surface area contributed by atoms with Crippen LogP contribution in [0.5, 0.6) is 0 Å². The maximum atomic E-state index is 14.0. The number of aromatic nitrogens is 3. The van der Waals surface area contributed by atoms with E-state index < -0.39 is 30.5 Å². The van der Waals surface area contributed by atoms with Crippen molar-refractivity contribution in [2.45, 2.75) is 24.5 Å². The minimum absolute atomic E-state index is 0.0211. The number of anilines is 1. The highest BCUT2D eigenvalue weighted by Crippen LogP contribution is 2.39. The van der Waals surface area contributed by atoms with Crippen molar-refractivity contribution >= 4 is 16.9 Å². The molecule has 1 aliphatic heterocycles. The molecule has 2 aromatic heterocycles. The van der Waals surface area contributed by atoms with E-state index in [0.717, 1.165) is 6.20 Å². The van der Waals surface area contributed by atoms with Crippen LogP contribution >= 0.6 is 0 Å². The van der Waals surface area contributed by atoms with Gasteiger partial charge in [0, 0.05) is 17.5 Å². The molecule has 1 saturated heterocycles. The quantitative estimate of drug-likeness (QED) is 0.424. The van der Waals surface area contributed by atoms with E-state index in [1.807, 2.05) is 0 Å². The summed E-state index contributed by atoms with van der Waals surface area (Å²) in [7, 11) is 0. The lowest BCUT2D eigenvalue weighted by Crippen LogP contribution is -2.40. The maximum absolute atomic E-state index is 14.0. The Morgan fingerprint density at radius 3 is 3.09 bits per heavy atom. The van der Waals surface area contributed by atoms with Gasteiger partial charge in [-0.1, -0.05) is 5.11 Å². The fraction of sp³-hybridized carbons (Fsp3) is 0.455. The number of hydrogen-bond acceptors (Lipinski definition) is 7. The van der Waals surface area contributed by atoms with Crippen LogP contribution in [0.2, 0.25) is 0 Å². The summed E-state index contributed by atoms with van der Waals surface area (Å²) in [6.45, 7) is -0.715. The van der Waals surface area contributed by atoms with Gasteiger partial charge in [-0.25, -0.2) is 14.4 Å². The van der Waals surface area contributed by atoms with Crippen LogP contribution in [0.4, 0.5) is 10.2 Å². The number of aliphatic hydroxyl groups excluding tert-OH is 2. The van der Waals surface area contributed by atoms with Gasteiger partial charge in [0.1, 0.15) is 18.4 Å². The molecule has 11 heteroatoms. The first-order chi connectivity index (χ1) is 10.5. The Hall–Kier alpha value is -2.46. The van der Waals surface area contributed by atoms with Crippen LogP contribution in [0.3, 0.4) is 0 Å². The molecule has 22 heavy (non-hydrogen) atoms. The molecule has 0 saturated carbocycles. The summed E-state index contributed by atoms with van der Waals surface area (Å²) in [5, 5.41) is 22.7. The number of halogens is 1. The Kier molecular flexibility index (Phi) is 3.34. The Morgan fingerprint density at radius 1 is 1.64 bits per heavy atom. The fourth-order valence-electron chi connectivity index (χ4n) is 2.53. The zero-order valence-electron chi connectivity index (χ0n) is 11.2. The molecule has 1 aliphatic rings. The van der Waals surface area contributed by atoms with Gasteiger partial charge in [0.2, 0.25) is 0 Å². The SMILES string of the molecule is [N-]=[N+]=N[C@]1(CO)O[C@@H](n2cc(F)c3c(N)ncnc32)C[C@@H]1O. The molecule has 1 fully saturated rings. The molecule has 0 amide bonds. The highest BCUT2D eigenvalue weighted by molar-refractivity contribution is 5.86. The van der Waals surface area contributed by atoms with E-state index in [4.69, 9.17) is 16.0 Å². The standard InChI is InChI=1S/C11H12FN7O3/c12-5-2-19(10-8(5)9(13)15-4-16-10)7-1-6(21)11(3-20,22-7)17-18-14/h2,4,6-7,20-21H,1,3H2,(H2,13,15,16)/t6-,7+,11+/m0/s1. The van der Waals surface area contributed by atoms with Crippen molar-refractivity contribution in [2.75, 3.05) is 12.3 Å². The molecular formula is C11H12FN7O3. The second-order valence-corrected chi connectivity index (χ2v) is 4.86. The lowest BCUT2D eigenvalue weighted by atomic mass is 10.1. The van der Waals surface area contributed by atoms with Crippen LogP contribution in [0, 0.1) is 5.82 Å². The second kappa shape index (κ2) is 5.07. The van der Waals surface area contributed by atoms with Crippen LogP contribution < -0.4 is 5.73 Å². The lowest BCUT2D eigenvalue weighted by Gasteiger charge is -2.24. The molecule has 0 aromatic carbocycles. The van der Waals surface area contributed by atoms with Gasteiger partial charge in [-0.3, -0.25) is 0 Å². The number of hydrogen-bond donors (Lipinski definition) is 3. The number of aliphatic hydroxyl groups is 2.